The third-order valence-corrected chi connectivity index (χ3v) is 4.59. The molecule has 3 heteroatoms. The number of aromatic nitrogens is 1. The Labute approximate surface area is 131 Å². The number of carbonyl (C=O) groups is 1. The Morgan fingerprint density at radius 3 is 2.73 bits per heavy atom. The Bertz CT molecular complexity index is 683. The van der Waals surface area contributed by atoms with E-state index in [0.29, 0.717) is 17.7 Å². The topological polar surface area (TPSA) is 42.1 Å². The summed E-state index contributed by atoms with van der Waals surface area (Å²) < 4.78 is 5.45. The Morgan fingerprint density at radius 1 is 1.27 bits per heavy atom. The lowest BCUT2D eigenvalue weighted by Gasteiger charge is -2.29. The summed E-state index contributed by atoms with van der Waals surface area (Å²) in [6, 6.07) is 9.77. The summed E-state index contributed by atoms with van der Waals surface area (Å²) in [5.74, 6) is -0.256. The molecule has 3 rings (SSSR count). The van der Waals surface area contributed by atoms with Gasteiger partial charge in [-0.3, -0.25) is 0 Å². The highest BCUT2D eigenvalue weighted by Crippen LogP contribution is 2.37. The van der Waals surface area contributed by atoms with Crippen molar-refractivity contribution >= 4 is 5.97 Å². The van der Waals surface area contributed by atoms with Gasteiger partial charge in [0.2, 0.25) is 0 Å². The zero-order valence-corrected chi connectivity index (χ0v) is 13.5. The summed E-state index contributed by atoms with van der Waals surface area (Å²) >= 11 is 0. The smallest absolute Gasteiger partial charge is 0.355 e. The number of carbonyl (C=O) groups excluding carboxylic acids is 1. The quantitative estimate of drug-likeness (QED) is 0.863. The molecule has 0 spiro atoms. The van der Waals surface area contributed by atoms with Crippen LogP contribution in [-0.4, -0.2) is 11.0 Å². The van der Waals surface area contributed by atoms with Gasteiger partial charge in [-0.25, -0.2) is 4.79 Å². The average molecular weight is 297 g/mol. The van der Waals surface area contributed by atoms with Crippen LogP contribution in [0.15, 0.2) is 30.3 Å². The van der Waals surface area contributed by atoms with Gasteiger partial charge in [0.15, 0.2) is 0 Å². The van der Waals surface area contributed by atoms with E-state index in [9.17, 15) is 4.79 Å². The molecule has 1 heterocycles. The molecule has 22 heavy (non-hydrogen) atoms. The van der Waals surface area contributed by atoms with Crippen LogP contribution in [0.5, 0.6) is 0 Å². The lowest BCUT2D eigenvalue weighted by molar-refractivity contribution is 0.0465. The molecule has 0 radical (unpaired) electrons. The molecule has 3 nitrogen and oxygen atoms in total. The molecule has 0 unspecified atom stereocenters. The van der Waals surface area contributed by atoms with Crippen molar-refractivity contribution < 1.29 is 9.53 Å². The minimum absolute atomic E-state index is 0.256. The van der Waals surface area contributed by atoms with E-state index in [0.717, 1.165) is 30.4 Å². The Hall–Kier alpha value is -2.03. The maximum atomic E-state index is 12.4. The molecule has 0 saturated carbocycles. The normalized spacial score (nSPS) is 16.1. The van der Waals surface area contributed by atoms with Gasteiger partial charge in [0, 0.05) is 5.69 Å². The summed E-state index contributed by atoms with van der Waals surface area (Å²) in [7, 11) is 0. The summed E-state index contributed by atoms with van der Waals surface area (Å²) in [6.07, 6.45) is 3.18. The number of nitrogens with one attached hydrogen (secondary N) is 1. The van der Waals surface area contributed by atoms with E-state index in [4.69, 9.17) is 4.74 Å². The van der Waals surface area contributed by atoms with Crippen molar-refractivity contribution in [3.05, 3.63) is 58.4 Å². The Balaban J connectivity index is 1.75. The molecule has 2 aromatic rings. The van der Waals surface area contributed by atoms with Crippen molar-refractivity contribution in [2.45, 2.75) is 46.6 Å². The molecule has 1 aliphatic rings. The Morgan fingerprint density at radius 2 is 2.00 bits per heavy atom. The number of ether oxygens (including phenoxy) is 1. The zero-order chi connectivity index (χ0) is 15.7. The SMILES string of the molecule is Cc1c(C(=O)OCc2ccccc2)[nH]c2c1CC(C)(C)CC2. The lowest BCUT2D eigenvalue weighted by atomic mass is 9.76. The van der Waals surface area contributed by atoms with Crippen molar-refractivity contribution in [1.29, 1.82) is 0 Å². The monoisotopic (exact) mass is 297 g/mol. The van der Waals surface area contributed by atoms with Crippen LogP contribution in [0.2, 0.25) is 0 Å². The first-order chi connectivity index (χ1) is 10.5. The number of hydrogen-bond donors (Lipinski definition) is 1. The highest BCUT2D eigenvalue weighted by molar-refractivity contribution is 5.89. The van der Waals surface area contributed by atoms with E-state index in [2.05, 4.69) is 18.8 Å². The van der Waals surface area contributed by atoms with Crippen molar-refractivity contribution in [1.82, 2.24) is 4.98 Å². The highest BCUT2D eigenvalue weighted by atomic mass is 16.5. The van der Waals surface area contributed by atoms with E-state index in [1.807, 2.05) is 37.3 Å². The maximum Gasteiger partial charge on any atom is 0.355 e. The fourth-order valence-corrected chi connectivity index (χ4v) is 3.18. The van der Waals surface area contributed by atoms with Gasteiger partial charge < -0.3 is 9.72 Å². The van der Waals surface area contributed by atoms with Crippen LogP contribution in [0.4, 0.5) is 0 Å². The van der Waals surface area contributed by atoms with E-state index in [1.54, 1.807) is 0 Å². The third-order valence-electron chi connectivity index (χ3n) is 4.59. The molecule has 0 saturated heterocycles. The minimum atomic E-state index is -0.256. The number of aromatic amines is 1. The average Bonchev–Trinajstić information content (AvgIpc) is 2.82. The second-order valence-electron chi connectivity index (χ2n) is 6.98. The number of fused-ring (bicyclic) bond motifs is 1. The Kier molecular flexibility index (Phi) is 3.81. The molecule has 1 aliphatic carbocycles. The first-order valence-corrected chi connectivity index (χ1v) is 7.88. The fraction of sp³-hybridized carbons (Fsp3) is 0.421. The number of aryl methyl sites for hydroxylation is 1. The summed E-state index contributed by atoms with van der Waals surface area (Å²) in [4.78, 5) is 15.7. The van der Waals surface area contributed by atoms with E-state index < -0.39 is 0 Å². The predicted molar refractivity (Wildman–Crippen MR) is 86.9 cm³/mol. The number of esters is 1. The van der Waals surface area contributed by atoms with Gasteiger partial charge in [0.05, 0.1) is 0 Å². The maximum absolute atomic E-state index is 12.4. The highest BCUT2D eigenvalue weighted by Gasteiger charge is 2.30. The molecular weight excluding hydrogens is 274 g/mol. The summed E-state index contributed by atoms with van der Waals surface area (Å²) in [6.45, 7) is 6.91. The predicted octanol–water partition coefficient (Wildman–Crippen LogP) is 4.20. The molecular formula is C19H23NO2. The second-order valence-corrected chi connectivity index (χ2v) is 6.98. The molecule has 1 N–H and O–H groups in total. The summed E-state index contributed by atoms with van der Waals surface area (Å²) in [5, 5.41) is 0. The van der Waals surface area contributed by atoms with Crippen molar-refractivity contribution in [2.75, 3.05) is 0 Å². The molecule has 0 bridgehead atoms. The van der Waals surface area contributed by atoms with Gasteiger partial charge in [-0.1, -0.05) is 44.2 Å². The molecule has 0 atom stereocenters. The third kappa shape index (κ3) is 2.94. The van der Waals surface area contributed by atoms with Crippen molar-refractivity contribution in [3.63, 3.8) is 0 Å². The second kappa shape index (κ2) is 5.64. The molecule has 0 fully saturated rings. The van der Waals surface area contributed by atoms with Gasteiger partial charge in [0.25, 0.3) is 0 Å². The van der Waals surface area contributed by atoms with Gasteiger partial charge in [-0.15, -0.1) is 0 Å². The minimum Gasteiger partial charge on any atom is -0.456 e. The first kappa shape index (κ1) is 14.9. The van der Waals surface area contributed by atoms with Crippen molar-refractivity contribution in [3.8, 4) is 0 Å². The molecule has 1 aromatic heterocycles. The van der Waals surface area contributed by atoms with Gasteiger partial charge in [0.1, 0.15) is 12.3 Å². The summed E-state index contributed by atoms with van der Waals surface area (Å²) in [5.41, 5.74) is 5.52. The number of H-pyrrole nitrogens is 1. The lowest BCUT2D eigenvalue weighted by Crippen LogP contribution is -2.21. The zero-order valence-electron chi connectivity index (χ0n) is 13.5. The fourth-order valence-electron chi connectivity index (χ4n) is 3.18. The van der Waals surface area contributed by atoms with E-state index in [1.165, 1.54) is 11.3 Å². The van der Waals surface area contributed by atoms with Crippen LogP contribution in [0.3, 0.4) is 0 Å². The first-order valence-electron chi connectivity index (χ1n) is 7.88. The number of benzene rings is 1. The van der Waals surface area contributed by atoms with Gasteiger partial charge >= 0.3 is 5.97 Å². The van der Waals surface area contributed by atoms with Crippen LogP contribution in [0.1, 0.15) is 53.1 Å². The van der Waals surface area contributed by atoms with Crippen LogP contribution < -0.4 is 0 Å². The van der Waals surface area contributed by atoms with Gasteiger partial charge in [-0.05, 0) is 48.3 Å². The van der Waals surface area contributed by atoms with Crippen LogP contribution in [-0.2, 0) is 24.2 Å². The van der Waals surface area contributed by atoms with Crippen molar-refractivity contribution in [2.24, 2.45) is 5.41 Å². The molecule has 0 aliphatic heterocycles. The standard InChI is InChI=1S/C19H23NO2/c1-13-15-11-19(2,3)10-9-16(15)20-17(13)18(21)22-12-14-7-5-4-6-8-14/h4-8,20H,9-12H2,1-3H3. The number of rotatable bonds is 3. The van der Waals surface area contributed by atoms with E-state index in [-0.39, 0.29) is 5.97 Å². The molecule has 116 valence electrons. The van der Waals surface area contributed by atoms with Crippen LogP contribution in [0.25, 0.3) is 0 Å². The van der Waals surface area contributed by atoms with Crippen LogP contribution >= 0.6 is 0 Å². The van der Waals surface area contributed by atoms with Gasteiger partial charge in [-0.2, -0.15) is 0 Å². The number of hydrogen-bond acceptors (Lipinski definition) is 2. The largest absolute Gasteiger partial charge is 0.456 e. The van der Waals surface area contributed by atoms with E-state index >= 15 is 0 Å². The molecule has 0 amide bonds. The van der Waals surface area contributed by atoms with Crippen LogP contribution in [0, 0.1) is 12.3 Å². The molecule has 1 aromatic carbocycles.